The van der Waals surface area contributed by atoms with Gasteiger partial charge in [0.2, 0.25) is 0 Å². The highest BCUT2D eigenvalue weighted by Crippen LogP contribution is 2.28. The second-order valence-corrected chi connectivity index (χ2v) is 4.43. The van der Waals surface area contributed by atoms with E-state index in [4.69, 9.17) is 15.2 Å². The molecule has 19 heavy (non-hydrogen) atoms. The minimum atomic E-state index is -4.34. The van der Waals surface area contributed by atoms with E-state index < -0.39 is 18.3 Å². The minimum absolute atomic E-state index is 0.206. The smallest absolute Gasteiger partial charge is 0.385 e. The van der Waals surface area contributed by atoms with Crippen LogP contribution in [0.1, 0.15) is 19.8 Å². The molecular weight excluding hydrogens is 261 g/mol. The summed E-state index contributed by atoms with van der Waals surface area (Å²) < 4.78 is 49.2. The van der Waals surface area contributed by atoms with Crippen molar-refractivity contribution >= 4 is 0 Å². The molecule has 0 aromatic rings. The SMILES string of the molecule is CCC(N)C(N(CCCOC)CCOC)C(F)(F)F. The van der Waals surface area contributed by atoms with Gasteiger partial charge in [0, 0.05) is 40.0 Å². The van der Waals surface area contributed by atoms with E-state index in [1.54, 1.807) is 6.92 Å². The molecular formula is C12H25F3N2O2. The van der Waals surface area contributed by atoms with Crippen LogP contribution in [0, 0.1) is 0 Å². The standard InChI is InChI=1S/C12H25F3N2O2/c1-4-10(16)11(12(13,14)15)17(7-9-19-3)6-5-8-18-2/h10-11H,4-9,16H2,1-3H3. The van der Waals surface area contributed by atoms with Gasteiger partial charge in [0.25, 0.3) is 0 Å². The third-order valence-corrected chi connectivity index (χ3v) is 2.98. The topological polar surface area (TPSA) is 47.7 Å². The Hall–Kier alpha value is -0.370. The second-order valence-electron chi connectivity index (χ2n) is 4.43. The molecule has 0 radical (unpaired) electrons. The fraction of sp³-hybridized carbons (Fsp3) is 1.00. The summed E-state index contributed by atoms with van der Waals surface area (Å²) in [6.45, 7) is 2.83. The number of rotatable bonds is 10. The molecule has 0 saturated heterocycles. The number of hydrogen-bond donors (Lipinski definition) is 1. The fourth-order valence-corrected chi connectivity index (χ4v) is 1.95. The number of halogens is 3. The molecule has 0 aliphatic carbocycles. The lowest BCUT2D eigenvalue weighted by atomic mass is 10.0. The molecule has 0 aliphatic heterocycles. The Bertz CT molecular complexity index is 228. The molecule has 0 bridgehead atoms. The van der Waals surface area contributed by atoms with E-state index in [1.165, 1.54) is 19.1 Å². The lowest BCUT2D eigenvalue weighted by molar-refractivity contribution is -0.191. The fourth-order valence-electron chi connectivity index (χ4n) is 1.95. The van der Waals surface area contributed by atoms with Crippen molar-refractivity contribution in [1.82, 2.24) is 4.90 Å². The van der Waals surface area contributed by atoms with Crippen LogP contribution in [0.5, 0.6) is 0 Å². The molecule has 0 spiro atoms. The van der Waals surface area contributed by atoms with Crippen molar-refractivity contribution in [2.45, 2.75) is 38.0 Å². The van der Waals surface area contributed by atoms with Gasteiger partial charge in [-0.05, 0) is 12.8 Å². The maximum absolute atomic E-state index is 13.2. The van der Waals surface area contributed by atoms with Gasteiger partial charge in [0.1, 0.15) is 6.04 Å². The van der Waals surface area contributed by atoms with Gasteiger partial charge >= 0.3 is 6.18 Å². The number of alkyl halides is 3. The summed E-state index contributed by atoms with van der Waals surface area (Å²) in [4.78, 5) is 1.34. The van der Waals surface area contributed by atoms with Crippen molar-refractivity contribution < 1.29 is 22.6 Å². The first kappa shape index (κ1) is 18.6. The van der Waals surface area contributed by atoms with Crippen molar-refractivity contribution in [3.63, 3.8) is 0 Å². The van der Waals surface area contributed by atoms with Gasteiger partial charge in [0.05, 0.1) is 6.61 Å². The van der Waals surface area contributed by atoms with Crippen LogP contribution < -0.4 is 5.73 Å². The molecule has 0 aromatic heterocycles. The summed E-state index contributed by atoms with van der Waals surface area (Å²) in [7, 11) is 2.99. The zero-order chi connectivity index (χ0) is 14.9. The highest BCUT2D eigenvalue weighted by molar-refractivity contribution is 4.87. The third kappa shape index (κ3) is 7.10. The molecule has 2 N–H and O–H groups in total. The van der Waals surface area contributed by atoms with Crippen LogP contribution in [-0.2, 0) is 9.47 Å². The monoisotopic (exact) mass is 286 g/mol. The van der Waals surface area contributed by atoms with E-state index in [1.807, 2.05) is 0 Å². The number of hydrogen-bond acceptors (Lipinski definition) is 4. The summed E-state index contributed by atoms with van der Waals surface area (Å²) in [6.07, 6.45) is -3.53. The lowest BCUT2D eigenvalue weighted by Crippen LogP contribution is -2.57. The van der Waals surface area contributed by atoms with Crippen molar-refractivity contribution in [3.05, 3.63) is 0 Å². The summed E-state index contributed by atoms with van der Waals surface area (Å²) in [5.41, 5.74) is 5.65. The summed E-state index contributed by atoms with van der Waals surface area (Å²) in [5, 5.41) is 0. The lowest BCUT2D eigenvalue weighted by Gasteiger charge is -2.36. The van der Waals surface area contributed by atoms with E-state index in [0.29, 0.717) is 13.0 Å². The van der Waals surface area contributed by atoms with Gasteiger partial charge in [-0.2, -0.15) is 13.2 Å². The van der Waals surface area contributed by atoms with Crippen LogP contribution in [0.4, 0.5) is 13.2 Å². The van der Waals surface area contributed by atoms with Crippen LogP contribution in [-0.4, -0.2) is 63.7 Å². The average molecular weight is 286 g/mol. The number of nitrogens with zero attached hydrogens (tertiary/aromatic N) is 1. The predicted octanol–water partition coefficient (Wildman–Crippen LogP) is 1.64. The van der Waals surface area contributed by atoms with E-state index in [0.717, 1.165) is 0 Å². The Morgan fingerprint density at radius 3 is 2.11 bits per heavy atom. The van der Waals surface area contributed by atoms with E-state index in [9.17, 15) is 13.2 Å². The van der Waals surface area contributed by atoms with Gasteiger partial charge in [-0.25, -0.2) is 0 Å². The Morgan fingerprint density at radius 1 is 1.11 bits per heavy atom. The maximum Gasteiger partial charge on any atom is 0.405 e. The van der Waals surface area contributed by atoms with Gasteiger partial charge in [-0.15, -0.1) is 0 Å². The van der Waals surface area contributed by atoms with Gasteiger partial charge in [-0.1, -0.05) is 6.92 Å². The third-order valence-electron chi connectivity index (χ3n) is 2.98. The molecule has 0 fully saturated rings. The average Bonchev–Trinajstić information content (AvgIpc) is 2.33. The highest BCUT2D eigenvalue weighted by Gasteiger charge is 2.46. The molecule has 116 valence electrons. The molecule has 0 aliphatic rings. The number of nitrogens with two attached hydrogens (primary N) is 1. The maximum atomic E-state index is 13.2. The van der Waals surface area contributed by atoms with Crippen LogP contribution >= 0.6 is 0 Å². The Balaban J connectivity index is 4.79. The largest absolute Gasteiger partial charge is 0.405 e. The van der Waals surface area contributed by atoms with Gasteiger partial charge in [0.15, 0.2) is 0 Å². The predicted molar refractivity (Wildman–Crippen MR) is 68.1 cm³/mol. The highest BCUT2D eigenvalue weighted by atomic mass is 19.4. The molecule has 2 unspecified atom stereocenters. The normalized spacial score (nSPS) is 15.8. The van der Waals surface area contributed by atoms with E-state index >= 15 is 0 Å². The molecule has 0 aromatic carbocycles. The molecule has 0 amide bonds. The first-order chi connectivity index (χ1) is 8.88. The van der Waals surface area contributed by atoms with Crippen LogP contribution in [0.2, 0.25) is 0 Å². The van der Waals surface area contributed by atoms with E-state index in [-0.39, 0.29) is 26.1 Å². The van der Waals surface area contributed by atoms with Crippen LogP contribution in [0.3, 0.4) is 0 Å². The number of ether oxygens (including phenoxy) is 2. The quantitative estimate of drug-likeness (QED) is 0.620. The zero-order valence-electron chi connectivity index (χ0n) is 11.9. The summed E-state index contributed by atoms with van der Waals surface area (Å²) >= 11 is 0. The van der Waals surface area contributed by atoms with Crippen LogP contribution in [0.25, 0.3) is 0 Å². The van der Waals surface area contributed by atoms with Crippen molar-refractivity contribution in [2.75, 3.05) is 40.5 Å². The Kier molecular flexibility index (Phi) is 9.34. The molecule has 0 heterocycles. The number of methoxy groups -OCH3 is 2. The molecule has 2 atom stereocenters. The molecule has 0 rings (SSSR count). The minimum Gasteiger partial charge on any atom is -0.385 e. The first-order valence-corrected chi connectivity index (χ1v) is 6.42. The van der Waals surface area contributed by atoms with Gasteiger partial charge < -0.3 is 15.2 Å². The summed E-state index contributed by atoms with van der Waals surface area (Å²) in [5.74, 6) is 0. The van der Waals surface area contributed by atoms with Crippen molar-refractivity contribution in [3.8, 4) is 0 Å². The van der Waals surface area contributed by atoms with Crippen molar-refractivity contribution in [1.29, 1.82) is 0 Å². The Morgan fingerprint density at radius 2 is 1.68 bits per heavy atom. The molecule has 0 saturated carbocycles. The Labute approximate surface area is 113 Å². The van der Waals surface area contributed by atoms with Crippen LogP contribution in [0.15, 0.2) is 0 Å². The summed E-state index contributed by atoms with van der Waals surface area (Å²) in [6, 6.07) is -2.57. The van der Waals surface area contributed by atoms with Gasteiger partial charge in [-0.3, -0.25) is 4.90 Å². The van der Waals surface area contributed by atoms with Crippen molar-refractivity contribution in [2.24, 2.45) is 5.73 Å². The molecule has 4 nitrogen and oxygen atoms in total. The first-order valence-electron chi connectivity index (χ1n) is 6.42. The molecule has 7 heteroatoms. The zero-order valence-corrected chi connectivity index (χ0v) is 11.9. The second kappa shape index (κ2) is 9.52. The van der Waals surface area contributed by atoms with E-state index in [2.05, 4.69) is 0 Å².